The minimum absolute atomic E-state index is 0.0446. The quantitative estimate of drug-likeness (QED) is 0.648. The minimum Gasteiger partial charge on any atom is -0.324 e. The van der Waals surface area contributed by atoms with Gasteiger partial charge in [-0.1, -0.05) is 6.07 Å². The Morgan fingerprint density at radius 1 is 0.947 bits per heavy atom. The van der Waals surface area contributed by atoms with Gasteiger partial charge in [0.15, 0.2) is 17.5 Å². The largest absolute Gasteiger partial charge is 0.324 e. The van der Waals surface area contributed by atoms with Crippen molar-refractivity contribution in [3.8, 4) is 11.1 Å². The summed E-state index contributed by atoms with van der Waals surface area (Å²) in [5, 5.41) is 0. The molecule has 0 radical (unpaired) electrons. The zero-order chi connectivity index (χ0) is 14.2. The van der Waals surface area contributed by atoms with Crippen LogP contribution in [0.5, 0.6) is 0 Å². The van der Waals surface area contributed by atoms with Gasteiger partial charge in [0.25, 0.3) is 0 Å². The van der Waals surface area contributed by atoms with Crippen molar-refractivity contribution in [1.29, 1.82) is 0 Å². The summed E-state index contributed by atoms with van der Waals surface area (Å²) in [6, 6.07) is 4.95. The maximum Gasteiger partial charge on any atom is 0.194 e. The number of hydrogen-bond donors (Lipinski definition) is 1. The van der Waals surface area contributed by atoms with Gasteiger partial charge < -0.3 is 5.73 Å². The van der Waals surface area contributed by atoms with Gasteiger partial charge >= 0.3 is 0 Å². The SMILES string of the molecule is CC(N)c1ccc(F)cc1-c1cc(F)c(F)c(F)c1. The highest BCUT2D eigenvalue weighted by atomic mass is 19.2. The Morgan fingerprint density at radius 2 is 1.53 bits per heavy atom. The predicted octanol–water partition coefficient (Wildman–Crippen LogP) is 3.93. The summed E-state index contributed by atoms with van der Waals surface area (Å²) in [6.07, 6.45) is 0. The molecule has 0 aliphatic heterocycles. The second kappa shape index (κ2) is 5.01. The first-order valence-electron chi connectivity index (χ1n) is 5.60. The highest BCUT2D eigenvalue weighted by molar-refractivity contribution is 5.68. The molecule has 5 heteroatoms. The van der Waals surface area contributed by atoms with Gasteiger partial charge in [-0.25, -0.2) is 17.6 Å². The summed E-state index contributed by atoms with van der Waals surface area (Å²) >= 11 is 0. The summed E-state index contributed by atoms with van der Waals surface area (Å²) < 4.78 is 52.6. The molecule has 0 amide bonds. The highest BCUT2D eigenvalue weighted by Crippen LogP contribution is 2.30. The first-order valence-corrected chi connectivity index (χ1v) is 5.60. The van der Waals surface area contributed by atoms with Gasteiger partial charge in [0, 0.05) is 6.04 Å². The van der Waals surface area contributed by atoms with Crippen LogP contribution in [0.4, 0.5) is 17.6 Å². The maximum absolute atomic E-state index is 13.3. The summed E-state index contributed by atoms with van der Waals surface area (Å²) in [5.41, 5.74) is 6.53. The van der Waals surface area contributed by atoms with Gasteiger partial charge in [0.1, 0.15) is 5.82 Å². The van der Waals surface area contributed by atoms with E-state index in [4.69, 9.17) is 5.73 Å². The normalized spacial score (nSPS) is 12.5. The van der Waals surface area contributed by atoms with E-state index in [1.165, 1.54) is 12.1 Å². The van der Waals surface area contributed by atoms with Gasteiger partial charge in [-0.2, -0.15) is 0 Å². The molecule has 2 aromatic carbocycles. The summed E-state index contributed by atoms with van der Waals surface area (Å²) in [7, 11) is 0. The first-order chi connectivity index (χ1) is 8.90. The van der Waals surface area contributed by atoms with E-state index in [-0.39, 0.29) is 11.1 Å². The Hall–Kier alpha value is -1.88. The van der Waals surface area contributed by atoms with Crippen molar-refractivity contribution in [2.45, 2.75) is 13.0 Å². The van der Waals surface area contributed by atoms with E-state index in [0.29, 0.717) is 5.56 Å². The van der Waals surface area contributed by atoms with Crippen molar-refractivity contribution >= 4 is 0 Å². The van der Waals surface area contributed by atoms with Crippen LogP contribution in [0.1, 0.15) is 18.5 Å². The molecule has 0 bridgehead atoms. The van der Waals surface area contributed by atoms with Crippen molar-refractivity contribution in [3.63, 3.8) is 0 Å². The zero-order valence-electron chi connectivity index (χ0n) is 10.1. The molecule has 0 saturated carbocycles. The van der Waals surface area contributed by atoms with Crippen LogP contribution >= 0.6 is 0 Å². The average Bonchev–Trinajstić information content (AvgIpc) is 2.34. The summed E-state index contributed by atoms with van der Waals surface area (Å²) in [4.78, 5) is 0. The van der Waals surface area contributed by atoms with E-state index in [9.17, 15) is 17.6 Å². The van der Waals surface area contributed by atoms with E-state index in [1.54, 1.807) is 6.92 Å². The third-order valence-electron chi connectivity index (χ3n) is 2.80. The first kappa shape index (κ1) is 13.5. The number of rotatable bonds is 2. The van der Waals surface area contributed by atoms with Crippen LogP contribution in [0.3, 0.4) is 0 Å². The monoisotopic (exact) mass is 269 g/mol. The molecule has 0 aromatic heterocycles. The van der Waals surface area contributed by atoms with Crippen molar-refractivity contribution in [3.05, 3.63) is 59.2 Å². The lowest BCUT2D eigenvalue weighted by Crippen LogP contribution is -2.07. The van der Waals surface area contributed by atoms with Gasteiger partial charge in [0.2, 0.25) is 0 Å². The average molecular weight is 269 g/mol. The topological polar surface area (TPSA) is 26.0 Å². The molecule has 0 heterocycles. The van der Waals surface area contributed by atoms with Crippen LogP contribution in [-0.2, 0) is 0 Å². The number of nitrogens with two attached hydrogens (primary N) is 1. The number of hydrogen-bond acceptors (Lipinski definition) is 1. The zero-order valence-corrected chi connectivity index (χ0v) is 10.1. The number of benzene rings is 2. The smallest absolute Gasteiger partial charge is 0.194 e. The Labute approximate surface area is 107 Å². The van der Waals surface area contributed by atoms with Gasteiger partial charge in [0.05, 0.1) is 0 Å². The molecule has 19 heavy (non-hydrogen) atoms. The van der Waals surface area contributed by atoms with E-state index in [0.717, 1.165) is 18.2 Å². The Bertz CT molecular complexity index is 600. The van der Waals surface area contributed by atoms with Crippen LogP contribution < -0.4 is 5.73 Å². The molecule has 1 atom stereocenters. The fourth-order valence-electron chi connectivity index (χ4n) is 1.89. The van der Waals surface area contributed by atoms with Crippen molar-refractivity contribution in [2.75, 3.05) is 0 Å². The molecule has 1 unspecified atom stereocenters. The number of halogens is 4. The predicted molar refractivity (Wildman–Crippen MR) is 64.3 cm³/mol. The Balaban J connectivity index is 2.67. The van der Waals surface area contributed by atoms with Crippen LogP contribution in [-0.4, -0.2) is 0 Å². The molecular formula is C14H11F4N. The molecule has 100 valence electrons. The van der Waals surface area contributed by atoms with E-state index in [2.05, 4.69) is 0 Å². The summed E-state index contributed by atoms with van der Waals surface area (Å²) in [6.45, 7) is 1.66. The van der Waals surface area contributed by atoms with Crippen molar-refractivity contribution in [2.24, 2.45) is 5.73 Å². The molecule has 2 aromatic rings. The molecule has 0 fully saturated rings. The molecule has 0 aliphatic carbocycles. The molecular weight excluding hydrogens is 258 g/mol. The minimum atomic E-state index is -1.55. The molecule has 1 nitrogen and oxygen atoms in total. The van der Waals surface area contributed by atoms with E-state index >= 15 is 0 Å². The molecule has 0 aliphatic rings. The van der Waals surface area contributed by atoms with E-state index < -0.39 is 29.3 Å². The highest BCUT2D eigenvalue weighted by Gasteiger charge is 2.15. The standard InChI is InChI=1S/C14H11F4N/c1-7(19)10-3-2-9(15)6-11(10)8-4-12(16)14(18)13(17)5-8/h2-7H,19H2,1H3. The Morgan fingerprint density at radius 3 is 2.05 bits per heavy atom. The second-order valence-corrected chi connectivity index (χ2v) is 4.27. The van der Waals surface area contributed by atoms with Crippen LogP contribution in [0.15, 0.2) is 30.3 Å². The van der Waals surface area contributed by atoms with Crippen LogP contribution in [0.25, 0.3) is 11.1 Å². The molecule has 2 rings (SSSR count). The maximum atomic E-state index is 13.3. The third kappa shape index (κ3) is 2.61. The fourth-order valence-corrected chi connectivity index (χ4v) is 1.89. The molecule has 0 saturated heterocycles. The van der Waals surface area contributed by atoms with E-state index in [1.807, 2.05) is 0 Å². The molecule has 0 spiro atoms. The fraction of sp³-hybridized carbons (Fsp3) is 0.143. The van der Waals surface area contributed by atoms with Gasteiger partial charge in [-0.15, -0.1) is 0 Å². The molecule has 2 N–H and O–H groups in total. The van der Waals surface area contributed by atoms with Crippen LogP contribution in [0, 0.1) is 23.3 Å². The summed E-state index contributed by atoms with van der Waals surface area (Å²) in [5.74, 6) is -4.77. The third-order valence-corrected chi connectivity index (χ3v) is 2.80. The van der Waals surface area contributed by atoms with Crippen molar-refractivity contribution in [1.82, 2.24) is 0 Å². The lowest BCUT2D eigenvalue weighted by molar-refractivity contribution is 0.447. The second-order valence-electron chi connectivity index (χ2n) is 4.27. The van der Waals surface area contributed by atoms with Crippen LogP contribution in [0.2, 0.25) is 0 Å². The van der Waals surface area contributed by atoms with Gasteiger partial charge in [-0.05, 0) is 47.9 Å². The lowest BCUT2D eigenvalue weighted by atomic mass is 9.95. The lowest BCUT2D eigenvalue weighted by Gasteiger charge is -2.13. The Kier molecular flexibility index (Phi) is 3.57. The van der Waals surface area contributed by atoms with Gasteiger partial charge in [-0.3, -0.25) is 0 Å². The van der Waals surface area contributed by atoms with Crippen molar-refractivity contribution < 1.29 is 17.6 Å².